The number of hydrogen-bond acceptors (Lipinski definition) is 7. The Morgan fingerprint density at radius 3 is 2.61 bits per heavy atom. The lowest BCUT2D eigenvalue weighted by atomic mass is 10.1. The first kappa shape index (κ1) is 18.3. The van der Waals surface area contributed by atoms with E-state index in [0.29, 0.717) is 49.8 Å². The maximum absolute atomic E-state index is 12.7. The van der Waals surface area contributed by atoms with Gasteiger partial charge in [-0.3, -0.25) is 14.5 Å². The highest BCUT2D eigenvalue weighted by molar-refractivity contribution is 6.39. The van der Waals surface area contributed by atoms with Crippen LogP contribution in [0.2, 0.25) is 0 Å². The molecule has 0 saturated carbocycles. The molecule has 9 nitrogen and oxygen atoms in total. The number of anilines is 1. The van der Waals surface area contributed by atoms with Crippen LogP contribution in [-0.2, 0) is 16.1 Å². The highest BCUT2D eigenvalue weighted by Gasteiger charge is 2.28. The largest absolute Gasteiger partial charge is 0.383 e. The van der Waals surface area contributed by atoms with E-state index in [1.165, 1.54) is 5.01 Å². The van der Waals surface area contributed by atoms with E-state index in [1.807, 2.05) is 24.3 Å². The first-order valence-electron chi connectivity index (χ1n) is 9.38. The molecule has 0 bridgehead atoms. The summed E-state index contributed by atoms with van der Waals surface area (Å²) in [5.74, 6) is 1.04. The van der Waals surface area contributed by atoms with Crippen molar-refractivity contribution >= 4 is 34.2 Å². The number of hydrogen-bond donors (Lipinski definition) is 1. The molecule has 146 valence electrons. The minimum atomic E-state index is -0.0785. The van der Waals surface area contributed by atoms with E-state index in [-0.39, 0.29) is 11.8 Å². The zero-order valence-electron chi connectivity index (χ0n) is 15.8. The van der Waals surface area contributed by atoms with Gasteiger partial charge in [0, 0.05) is 51.5 Å². The Hall–Kier alpha value is -3.07. The molecular weight excluding hydrogens is 358 g/mol. The fourth-order valence-corrected chi connectivity index (χ4v) is 3.54. The normalized spacial score (nSPS) is 18.5. The van der Waals surface area contributed by atoms with Crippen molar-refractivity contribution in [3.63, 3.8) is 0 Å². The van der Waals surface area contributed by atoms with Crippen molar-refractivity contribution < 1.29 is 9.59 Å². The summed E-state index contributed by atoms with van der Waals surface area (Å²) in [5, 5.41) is 6.24. The van der Waals surface area contributed by atoms with Gasteiger partial charge < -0.3 is 10.6 Å². The summed E-state index contributed by atoms with van der Waals surface area (Å²) in [5.41, 5.74) is 7.36. The number of rotatable bonds is 3. The molecule has 2 aromatic rings. The standard InChI is InChI=1S/C19H23N7O2/c1-24-17(27)7-6-15(23-24)19(28)26-10-8-25(9-11-26)12-16-21-14-5-3-2-4-13(14)18(20)22-16/h2-5H,6-12H2,1H3,(H2,20,21,22). The van der Waals surface area contributed by atoms with E-state index in [1.54, 1.807) is 11.9 Å². The molecule has 2 aliphatic heterocycles. The third kappa shape index (κ3) is 3.65. The molecule has 1 saturated heterocycles. The first-order chi connectivity index (χ1) is 13.5. The number of piperazine rings is 1. The topological polar surface area (TPSA) is 108 Å². The van der Waals surface area contributed by atoms with Crippen molar-refractivity contribution in [1.29, 1.82) is 0 Å². The minimum absolute atomic E-state index is 0.0592. The number of amides is 2. The van der Waals surface area contributed by atoms with E-state index in [9.17, 15) is 9.59 Å². The average Bonchev–Trinajstić information content (AvgIpc) is 2.70. The molecule has 2 aliphatic rings. The first-order valence-corrected chi connectivity index (χ1v) is 9.38. The minimum Gasteiger partial charge on any atom is -0.383 e. The number of nitrogen functional groups attached to an aromatic ring is 1. The summed E-state index contributed by atoms with van der Waals surface area (Å²) in [6.45, 7) is 3.26. The second-order valence-electron chi connectivity index (χ2n) is 7.07. The van der Waals surface area contributed by atoms with Crippen molar-refractivity contribution in [2.45, 2.75) is 19.4 Å². The van der Waals surface area contributed by atoms with E-state index in [0.717, 1.165) is 24.0 Å². The van der Waals surface area contributed by atoms with Crippen molar-refractivity contribution in [1.82, 2.24) is 24.8 Å². The van der Waals surface area contributed by atoms with E-state index >= 15 is 0 Å². The predicted molar refractivity (Wildman–Crippen MR) is 105 cm³/mol. The lowest BCUT2D eigenvalue weighted by molar-refractivity contribution is -0.131. The van der Waals surface area contributed by atoms with E-state index < -0.39 is 0 Å². The van der Waals surface area contributed by atoms with Crippen LogP contribution < -0.4 is 5.73 Å². The fourth-order valence-electron chi connectivity index (χ4n) is 3.54. The van der Waals surface area contributed by atoms with Gasteiger partial charge in [0.2, 0.25) is 5.91 Å². The molecule has 0 aliphatic carbocycles. The van der Waals surface area contributed by atoms with Crippen LogP contribution in [0.15, 0.2) is 29.4 Å². The Morgan fingerprint density at radius 1 is 1.11 bits per heavy atom. The van der Waals surface area contributed by atoms with Crippen molar-refractivity contribution in [2.24, 2.45) is 5.10 Å². The molecular formula is C19H23N7O2. The fraction of sp³-hybridized carbons (Fsp3) is 0.421. The van der Waals surface area contributed by atoms with Crippen LogP contribution in [0.3, 0.4) is 0 Å². The van der Waals surface area contributed by atoms with Gasteiger partial charge in [-0.25, -0.2) is 15.0 Å². The summed E-state index contributed by atoms with van der Waals surface area (Å²) >= 11 is 0. The van der Waals surface area contributed by atoms with E-state index in [4.69, 9.17) is 5.73 Å². The second-order valence-corrected chi connectivity index (χ2v) is 7.07. The Bertz CT molecular complexity index is 950. The average molecular weight is 381 g/mol. The maximum Gasteiger partial charge on any atom is 0.270 e. The molecule has 28 heavy (non-hydrogen) atoms. The highest BCUT2D eigenvalue weighted by Crippen LogP contribution is 2.18. The van der Waals surface area contributed by atoms with Crippen LogP contribution in [-0.4, -0.2) is 75.5 Å². The number of para-hydroxylation sites is 1. The second kappa shape index (κ2) is 7.51. The highest BCUT2D eigenvalue weighted by atomic mass is 16.2. The molecule has 1 aromatic heterocycles. The van der Waals surface area contributed by atoms with Crippen LogP contribution in [0.5, 0.6) is 0 Å². The van der Waals surface area contributed by atoms with Gasteiger partial charge in [0.1, 0.15) is 17.4 Å². The molecule has 9 heteroatoms. The molecule has 2 amide bonds. The van der Waals surface area contributed by atoms with Gasteiger partial charge in [0.05, 0.1) is 12.1 Å². The molecule has 3 heterocycles. The van der Waals surface area contributed by atoms with Gasteiger partial charge in [-0.15, -0.1) is 0 Å². The zero-order chi connectivity index (χ0) is 19.7. The molecule has 4 rings (SSSR count). The third-order valence-corrected chi connectivity index (χ3v) is 5.16. The summed E-state index contributed by atoms with van der Waals surface area (Å²) < 4.78 is 0. The Balaban J connectivity index is 1.38. The molecule has 0 unspecified atom stereocenters. The molecule has 0 atom stereocenters. The monoisotopic (exact) mass is 381 g/mol. The van der Waals surface area contributed by atoms with Crippen LogP contribution in [0.25, 0.3) is 10.9 Å². The van der Waals surface area contributed by atoms with Crippen LogP contribution in [0.1, 0.15) is 18.7 Å². The van der Waals surface area contributed by atoms with Gasteiger partial charge >= 0.3 is 0 Å². The Morgan fingerprint density at radius 2 is 1.86 bits per heavy atom. The molecule has 2 N–H and O–H groups in total. The van der Waals surface area contributed by atoms with Crippen LogP contribution in [0.4, 0.5) is 5.82 Å². The number of carbonyl (C=O) groups is 2. The van der Waals surface area contributed by atoms with Gasteiger partial charge in [-0.05, 0) is 12.1 Å². The lowest BCUT2D eigenvalue weighted by Crippen LogP contribution is -2.51. The Labute approximate surface area is 162 Å². The molecule has 0 spiro atoms. The zero-order valence-corrected chi connectivity index (χ0v) is 15.8. The quantitative estimate of drug-likeness (QED) is 0.828. The molecule has 1 fully saturated rings. The van der Waals surface area contributed by atoms with Crippen molar-refractivity contribution in [3.8, 4) is 0 Å². The maximum atomic E-state index is 12.7. The number of carbonyl (C=O) groups excluding carboxylic acids is 2. The van der Waals surface area contributed by atoms with Crippen molar-refractivity contribution in [2.75, 3.05) is 39.0 Å². The summed E-state index contributed by atoms with van der Waals surface area (Å²) in [6.07, 6.45) is 0.744. The van der Waals surface area contributed by atoms with Crippen molar-refractivity contribution in [3.05, 3.63) is 30.1 Å². The predicted octanol–water partition coefficient (Wildman–Crippen LogP) is 0.464. The Kier molecular flexibility index (Phi) is 4.91. The van der Waals surface area contributed by atoms with Gasteiger partial charge in [-0.2, -0.15) is 5.10 Å². The summed E-state index contributed by atoms with van der Waals surface area (Å²) in [4.78, 5) is 37.2. The number of nitrogens with zero attached hydrogens (tertiary/aromatic N) is 6. The van der Waals surface area contributed by atoms with Crippen LogP contribution >= 0.6 is 0 Å². The number of fused-ring (bicyclic) bond motifs is 1. The number of hydrazone groups is 1. The molecule has 1 aromatic carbocycles. The number of benzene rings is 1. The number of aromatic nitrogens is 2. The van der Waals surface area contributed by atoms with E-state index in [2.05, 4.69) is 20.0 Å². The lowest BCUT2D eigenvalue weighted by Gasteiger charge is -2.35. The third-order valence-electron chi connectivity index (χ3n) is 5.16. The summed E-state index contributed by atoms with van der Waals surface area (Å²) in [7, 11) is 1.59. The summed E-state index contributed by atoms with van der Waals surface area (Å²) in [6, 6.07) is 7.70. The SMILES string of the molecule is CN1N=C(C(=O)N2CCN(Cc3nc(N)c4ccccc4n3)CC2)CCC1=O. The van der Waals surface area contributed by atoms with Gasteiger partial charge in [0.25, 0.3) is 5.91 Å². The van der Waals surface area contributed by atoms with Gasteiger partial charge in [-0.1, -0.05) is 12.1 Å². The smallest absolute Gasteiger partial charge is 0.270 e. The van der Waals surface area contributed by atoms with Gasteiger partial charge in [0.15, 0.2) is 0 Å². The number of nitrogens with two attached hydrogens (primary N) is 1. The molecule has 0 radical (unpaired) electrons. The van der Waals surface area contributed by atoms with Crippen LogP contribution in [0, 0.1) is 0 Å².